The summed E-state index contributed by atoms with van der Waals surface area (Å²) in [5, 5.41) is 6.00. The van der Waals surface area contributed by atoms with Crippen LogP contribution in [0.4, 0.5) is 10.1 Å². The van der Waals surface area contributed by atoms with E-state index in [9.17, 15) is 14.0 Å². The molecular formula is C10H8ClFN4O2. The zero-order chi connectivity index (χ0) is 13.3. The number of aromatic amines is 1. The average molecular weight is 271 g/mol. The van der Waals surface area contributed by atoms with Gasteiger partial charge in [-0.2, -0.15) is 0 Å². The van der Waals surface area contributed by atoms with Gasteiger partial charge < -0.3 is 5.32 Å². The van der Waals surface area contributed by atoms with Crippen molar-refractivity contribution in [1.29, 1.82) is 0 Å². The van der Waals surface area contributed by atoms with Crippen molar-refractivity contribution >= 4 is 23.2 Å². The standard InChI is InChI=1S/C10H8ClFN4O2/c1-16-10(18)14-8(15-16)9(17)13-5-2-3-7(12)6(11)4-5/h2-4H,1H3,(H,13,17)(H,14,15,18). The monoisotopic (exact) mass is 270 g/mol. The Morgan fingerprint density at radius 1 is 1.56 bits per heavy atom. The Balaban J connectivity index is 2.21. The van der Waals surface area contributed by atoms with E-state index in [-0.39, 0.29) is 10.8 Å². The van der Waals surface area contributed by atoms with Gasteiger partial charge in [-0.1, -0.05) is 11.6 Å². The van der Waals surface area contributed by atoms with Gasteiger partial charge in [0.2, 0.25) is 5.82 Å². The fourth-order valence-corrected chi connectivity index (χ4v) is 1.45. The molecular weight excluding hydrogens is 263 g/mol. The first-order valence-electron chi connectivity index (χ1n) is 4.87. The third-order valence-electron chi connectivity index (χ3n) is 2.16. The number of benzene rings is 1. The number of H-pyrrole nitrogens is 1. The predicted molar refractivity (Wildman–Crippen MR) is 63.2 cm³/mol. The van der Waals surface area contributed by atoms with Crippen LogP contribution in [0.1, 0.15) is 10.6 Å². The number of amides is 1. The van der Waals surface area contributed by atoms with Crippen LogP contribution in [0, 0.1) is 5.82 Å². The van der Waals surface area contributed by atoms with E-state index in [4.69, 9.17) is 11.6 Å². The van der Waals surface area contributed by atoms with Crippen molar-refractivity contribution in [3.8, 4) is 0 Å². The Labute approximate surface area is 105 Å². The average Bonchev–Trinajstić information content (AvgIpc) is 2.65. The number of anilines is 1. The van der Waals surface area contributed by atoms with Gasteiger partial charge in [0.25, 0.3) is 5.91 Å². The Morgan fingerprint density at radius 2 is 2.28 bits per heavy atom. The fourth-order valence-electron chi connectivity index (χ4n) is 1.27. The molecule has 94 valence electrons. The number of nitrogens with zero attached hydrogens (tertiary/aromatic N) is 2. The van der Waals surface area contributed by atoms with Crippen molar-refractivity contribution in [1.82, 2.24) is 14.8 Å². The number of carbonyl (C=O) groups excluding carboxylic acids is 1. The quantitative estimate of drug-likeness (QED) is 0.859. The molecule has 6 nitrogen and oxygen atoms in total. The first kappa shape index (κ1) is 12.3. The number of aryl methyl sites for hydroxylation is 1. The minimum Gasteiger partial charge on any atom is -0.319 e. The molecule has 0 aliphatic rings. The van der Waals surface area contributed by atoms with E-state index in [1.807, 2.05) is 0 Å². The number of carbonyl (C=O) groups is 1. The van der Waals surface area contributed by atoms with Gasteiger partial charge in [0, 0.05) is 12.7 Å². The largest absolute Gasteiger partial charge is 0.343 e. The molecule has 0 unspecified atom stereocenters. The Hall–Kier alpha value is -2.15. The van der Waals surface area contributed by atoms with Gasteiger partial charge in [0.15, 0.2) is 0 Å². The summed E-state index contributed by atoms with van der Waals surface area (Å²) in [4.78, 5) is 25.0. The summed E-state index contributed by atoms with van der Waals surface area (Å²) in [5.74, 6) is -1.33. The Kier molecular flexibility index (Phi) is 3.15. The molecule has 0 radical (unpaired) electrons. The van der Waals surface area contributed by atoms with Crippen LogP contribution in [0.2, 0.25) is 5.02 Å². The van der Waals surface area contributed by atoms with E-state index < -0.39 is 17.4 Å². The highest BCUT2D eigenvalue weighted by atomic mass is 35.5. The summed E-state index contributed by atoms with van der Waals surface area (Å²) in [5.41, 5.74) is -0.199. The molecule has 0 aliphatic heterocycles. The van der Waals surface area contributed by atoms with Crippen molar-refractivity contribution < 1.29 is 9.18 Å². The van der Waals surface area contributed by atoms with Crippen molar-refractivity contribution in [3.63, 3.8) is 0 Å². The summed E-state index contributed by atoms with van der Waals surface area (Å²) >= 11 is 5.57. The van der Waals surface area contributed by atoms with E-state index in [0.29, 0.717) is 5.69 Å². The van der Waals surface area contributed by atoms with E-state index in [0.717, 1.165) is 10.7 Å². The van der Waals surface area contributed by atoms with Crippen LogP contribution in [0.5, 0.6) is 0 Å². The second kappa shape index (κ2) is 4.61. The Morgan fingerprint density at radius 3 is 2.83 bits per heavy atom. The van der Waals surface area contributed by atoms with Crippen molar-refractivity contribution in [2.45, 2.75) is 0 Å². The van der Waals surface area contributed by atoms with Gasteiger partial charge in [-0.05, 0) is 18.2 Å². The zero-order valence-corrected chi connectivity index (χ0v) is 9.95. The minimum absolute atomic E-state index is 0.109. The first-order chi connectivity index (χ1) is 8.47. The normalized spacial score (nSPS) is 10.4. The molecule has 0 saturated heterocycles. The molecule has 0 bridgehead atoms. The third-order valence-corrected chi connectivity index (χ3v) is 2.45. The van der Waals surface area contributed by atoms with Crippen LogP contribution in [0.3, 0.4) is 0 Å². The Bertz CT molecular complexity index is 664. The van der Waals surface area contributed by atoms with Crippen LogP contribution >= 0.6 is 11.6 Å². The number of hydrogen-bond donors (Lipinski definition) is 2. The second-order valence-corrected chi connectivity index (χ2v) is 3.89. The molecule has 0 fully saturated rings. The van der Waals surface area contributed by atoms with E-state index >= 15 is 0 Å². The number of rotatable bonds is 2. The zero-order valence-electron chi connectivity index (χ0n) is 9.20. The van der Waals surface area contributed by atoms with E-state index in [2.05, 4.69) is 15.4 Å². The van der Waals surface area contributed by atoms with Crippen LogP contribution in [-0.4, -0.2) is 20.7 Å². The molecule has 8 heteroatoms. The highest BCUT2D eigenvalue weighted by molar-refractivity contribution is 6.31. The lowest BCUT2D eigenvalue weighted by molar-refractivity contribution is 0.101. The predicted octanol–water partition coefficient (Wildman–Crippen LogP) is 1.15. The molecule has 1 aromatic heterocycles. The maximum absolute atomic E-state index is 12.9. The molecule has 2 rings (SSSR count). The molecule has 0 aliphatic carbocycles. The molecule has 1 amide bonds. The van der Waals surface area contributed by atoms with E-state index in [1.165, 1.54) is 19.2 Å². The molecule has 1 aromatic carbocycles. The minimum atomic E-state index is -0.615. The summed E-state index contributed by atoms with van der Waals surface area (Å²) in [7, 11) is 1.41. The smallest absolute Gasteiger partial charge is 0.319 e. The van der Waals surface area contributed by atoms with Crippen molar-refractivity contribution in [2.24, 2.45) is 7.05 Å². The number of halogens is 2. The summed E-state index contributed by atoms with van der Waals surface area (Å²) in [6, 6.07) is 3.73. The summed E-state index contributed by atoms with van der Waals surface area (Å²) in [6.45, 7) is 0. The van der Waals surface area contributed by atoms with Gasteiger partial charge >= 0.3 is 5.69 Å². The van der Waals surface area contributed by atoms with Gasteiger partial charge in [0.1, 0.15) is 5.82 Å². The van der Waals surface area contributed by atoms with Gasteiger partial charge in [-0.3, -0.25) is 9.78 Å². The molecule has 2 N–H and O–H groups in total. The van der Waals surface area contributed by atoms with Gasteiger partial charge in [-0.15, -0.1) is 5.10 Å². The molecule has 18 heavy (non-hydrogen) atoms. The van der Waals surface area contributed by atoms with Crippen molar-refractivity contribution in [3.05, 3.63) is 45.3 Å². The highest BCUT2D eigenvalue weighted by Crippen LogP contribution is 2.19. The van der Waals surface area contributed by atoms with Gasteiger partial charge in [-0.25, -0.2) is 13.9 Å². The lowest BCUT2D eigenvalue weighted by Crippen LogP contribution is -2.15. The second-order valence-electron chi connectivity index (χ2n) is 3.49. The summed E-state index contributed by atoms with van der Waals surface area (Å²) < 4.78 is 13.9. The molecule has 0 atom stereocenters. The van der Waals surface area contributed by atoms with E-state index in [1.54, 1.807) is 0 Å². The van der Waals surface area contributed by atoms with Crippen LogP contribution in [-0.2, 0) is 7.05 Å². The summed E-state index contributed by atoms with van der Waals surface area (Å²) in [6.07, 6.45) is 0. The fraction of sp³-hybridized carbons (Fsp3) is 0.100. The van der Waals surface area contributed by atoms with Crippen LogP contribution in [0.15, 0.2) is 23.0 Å². The van der Waals surface area contributed by atoms with Gasteiger partial charge in [0.05, 0.1) is 5.02 Å². The maximum atomic E-state index is 12.9. The topological polar surface area (TPSA) is 79.8 Å². The molecule has 0 saturated carbocycles. The number of hydrogen-bond acceptors (Lipinski definition) is 3. The molecule has 0 spiro atoms. The maximum Gasteiger partial charge on any atom is 0.343 e. The number of nitrogens with one attached hydrogen (secondary N) is 2. The SMILES string of the molecule is Cn1nc(C(=O)Nc2ccc(F)c(Cl)c2)[nH]c1=O. The van der Waals surface area contributed by atoms with Crippen LogP contribution < -0.4 is 11.0 Å². The number of aromatic nitrogens is 3. The lowest BCUT2D eigenvalue weighted by Gasteiger charge is -2.03. The molecule has 1 heterocycles. The lowest BCUT2D eigenvalue weighted by atomic mass is 10.3. The molecule has 2 aromatic rings. The van der Waals surface area contributed by atoms with Crippen LogP contribution in [0.25, 0.3) is 0 Å². The highest BCUT2D eigenvalue weighted by Gasteiger charge is 2.12. The third kappa shape index (κ3) is 2.40. The van der Waals surface area contributed by atoms with Crippen molar-refractivity contribution in [2.75, 3.05) is 5.32 Å². The first-order valence-corrected chi connectivity index (χ1v) is 5.25.